The van der Waals surface area contributed by atoms with Gasteiger partial charge >= 0.3 is 5.97 Å². The highest BCUT2D eigenvalue weighted by atomic mass is 16.6. The summed E-state index contributed by atoms with van der Waals surface area (Å²) in [5.41, 5.74) is 2.72. The van der Waals surface area contributed by atoms with E-state index in [-0.39, 0.29) is 72.4 Å². The Morgan fingerprint density at radius 3 is 2.59 bits per heavy atom. The van der Waals surface area contributed by atoms with Crippen LogP contribution in [0.3, 0.4) is 0 Å². The number of aromatic amines is 1. The zero-order valence-corrected chi connectivity index (χ0v) is 37.2. The van der Waals surface area contributed by atoms with Gasteiger partial charge in [-0.15, -0.1) is 0 Å². The van der Waals surface area contributed by atoms with Gasteiger partial charge in [0.1, 0.15) is 34.7 Å². The lowest BCUT2D eigenvalue weighted by Crippen LogP contribution is -2.54. The SMILES string of the molecule is CCOC(=O)C1=C(C=O)C(=C2CC(CO)C(=O)C(c3ccc4[nH]ccc4c3)C2)c2c(c(CO)c3c(c2OC2CCCCC2)CC(C(C)(O)C2CCN(CCCOC)C(CC)C2)O3)O1. The Kier molecular flexibility index (Phi) is 13.8. The second kappa shape index (κ2) is 19.3. The molecule has 6 unspecified atom stereocenters. The molecule has 13 nitrogen and oxygen atoms in total. The number of H-pyrrole nitrogens is 1. The van der Waals surface area contributed by atoms with Gasteiger partial charge in [-0.3, -0.25) is 9.59 Å². The molecule has 1 saturated heterocycles. The first-order chi connectivity index (χ1) is 30.6. The van der Waals surface area contributed by atoms with Crippen molar-refractivity contribution >= 4 is 34.5 Å². The van der Waals surface area contributed by atoms with Crippen molar-refractivity contribution < 1.29 is 53.4 Å². The van der Waals surface area contributed by atoms with Gasteiger partial charge in [0, 0.05) is 67.4 Å². The Morgan fingerprint density at radius 1 is 1.06 bits per heavy atom. The first-order valence-corrected chi connectivity index (χ1v) is 23.2. The fraction of sp³-hybridized carbons (Fsp3) is 0.580. The molecule has 8 rings (SSSR count). The van der Waals surface area contributed by atoms with E-state index in [2.05, 4.69) is 16.8 Å². The number of carbonyl (C=O) groups excluding carboxylic acids is 3. The van der Waals surface area contributed by atoms with Gasteiger partial charge in [0.2, 0.25) is 5.76 Å². The zero-order chi connectivity index (χ0) is 44.4. The summed E-state index contributed by atoms with van der Waals surface area (Å²) < 4.78 is 31.3. The Morgan fingerprint density at radius 2 is 1.87 bits per heavy atom. The van der Waals surface area contributed by atoms with Gasteiger partial charge in [0.05, 0.1) is 42.6 Å². The number of aliphatic hydroxyl groups excluding tert-OH is 2. The van der Waals surface area contributed by atoms with Gasteiger partial charge in [-0.1, -0.05) is 25.0 Å². The predicted octanol–water partition coefficient (Wildman–Crippen LogP) is 6.87. The van der Waals surface area contributed by atoms with Gasteiger partial charge in [0.15, 0.2) is 6.29 Å². The third-order valence-electron chi connectivity index (χ3n) is 14.6. The molecular formula is C50H64N2O11. The number of nitrogens with zero attached hydrogens (tertiary/aromatic N) is 1. The van der Waals surface area contributed by atoms with E-state index in [9.17, 15) is 29.7 Å². The number of ketones is 1. The molecule has 0 radical (unpaired) electrons. The van der Waals surface area contributed by atoms with Gasteiger partial charge < -0.3 is 48.9 Å². The van der Waals surface area contributed by atoms with Crippen molar-refractivity contribution in [1.29, 1.82) is 0 Å². The van der Waals surface area contributed by atoms with E-state index in [4.69, 9.17) is 23.7 Å². The van der Waals surface area contributed by atoms with Crippen LogP contribution in [0.5, 0.6) is 17.2 Å². The number of ether oxygens (including phenoxy) is 5. The molecule has 1 aromatic heterocycles. The van der Waals surface area contributed by atoms with E-state index < -0.39 is 42.7 Å². The first-order valence-electron chi connectivity index (χ1n) is 23.2. The summed E-state index contributed by atoms with van der Waals surface area (Å²) in [5.74, 6) is -1.99. The van der Waals surface area contributed by atoms with Crippen molar-refractivity contribution in [2.75, 3.05) is 40.0 Å². The minimum Gasteiger partial charge on any atom is -0.489 e. The number of methoxy groups -OCH3 is 1. The van der Waals surface area contributed by atoms with E-state index in [1.807, 2.05) is 37.4 Å². The monoisotopic (exact) mass is 868 g/mol. The lowest BCUT2D eigenvalue weighted by Gasteiger charge is -2.46. The number of allylic oxidation sites excluding steroid dienone is 3. The minimum absolute atomic E-state index is 0.0132. The highest BCUT2D eigenvalue weighted by Crippen LogP contribution is 2.58. The van der Waals surface area contributed by atoms with Gasteiger partial charge in [0.25, 0.3) is 0 Å². The van der Waals surface area contributed by atoms with E-state index in [0.717, 1.165) is 87.3 Å². The van der Waals surface area contributed by atoms with E-state index in [1.165, 1.54) is 0 Å². The molecule has 3 aromatic rings. The lowest BCUT2D eigenvalue weighted by atomic mass is 9.71. The maximum absolute atomic E-state index is 14.2. The minimum atomic E-state index is -1.28. The number of nitrogens with one attached hydrogen (secondary N) is 1. The quantitative estimate of drug-likeness (QED) is 0.0710. The molecule has 4 N–H and O–H groups in total. The number of benzene rings is 2. The molecular weight excluding hydrogens is 805 g/mol. The third kappa shape index (κ3) is 8.59. The number of piperidine rings is 1. The predicted molar refractivity (Wildman–Crippen MR) is 237 cm³/mol. The molecule has 2 aliphatic carbocycles. The average molecular weight is 869 g/mol. The summed E-state index contributed by atoms with van der Waals surface area (Å²) in [6, 6.07) is 8.04. The third-order valence-corrected chi connectivity index (χ3v) is 14.6. The van der Waals surface area contributed by atoms with Crippen molar-refractivity contribution in [3.05, 3.63) is 69.6 Å². The average Bonchev–Trinajstić information content (AvgIpc) is 3.97. The Labute approximate surface area is 369 Å². The van der Waals surface area contributed by atoms with Crippen LogP contribution in [-0.2, 0) is 36.9 Å². The lowest BCUT2D eigenvalue weighted by molar-refractivity contribution is -0.141. The molecule has 6 atom stereocenters. The Hall–Kier alpha value is -4.53. The molecule has 13 heteroatoms. The molecule has 340 valence electrons. The maximum Gasteiger partial charge on any atom is 0.375 e. The Bertz CT molecular complexity index is 2250. The fourth-order valence-corrected chi connectivity index (χ4v) is 11.1. The number of aliphatic hydroxyl groups is 3. The first kappa shape index (κ1) is 45.1. The summed E-state index contributed by atoms with van der Waals surface area (Å²) in [7, 11) is 1.72. The van der Waals surface area contributed by atoms with Crippen LogP contribution in [0.4, 0.5) is 0 Å². The number of aldehydes is 1. The van der Waals surface area contributed by atoms with Crippen LogP contribution >= 0.6 is 0 Å². The van der Waals surface area contributed by atoms with Crippen molar-refractivity contribution in [1.82, 2.24) is 9.88 Å². The summed E-state index contributed by atoms with van der Waals surface area (Å²) in [6.45, 7) is 7.22. The molecule has 0 amide bonds. The highest BCUT2D eigenvalue weighted by Gasteiger charge is 2.50. The van der Waals surface area contributed by atoms with Crippen LogP contribution in [-0.4, -0.2) is 107 Å². The van der Waals surface area contributed by atoms with Gasteiger partial charge in [-0.05, 0) is 120 Å². The van der Waals surface area contributed by atoms with Crippen molar-refractivity contribution in [3.8, 4) is 17.2 Å². The van der Waals surface area contributed by atoms with Gasteiger partial charge in [-0.2, -0.15) is 0 Å². The highest BCUT2D eigenvalue weighted by molar-refractivity contribution is 6.11. The number of carbonyl (C=O) groups is 3. The number of fused-ring (bicyclic) bond motifs is 3. The van der Waals surface area contributed by atoms with E-state index in [0.29, 0.717) is 46.7 Å². The van der Waals surface area contributed by atoms with Crippen molar-refractivity contribution in [2.24, 2.45) is 11.8 Å². The number of aromatic nitrogens is 1. The zero-order valence-electron chi connectivity index (χ0n) is 37.2. The van der Waals surface area contributed by atoms with Crippen molar-refractivity contribution in [2.45, 2.75) is 134 Å². The molecule has 5 aliphatic rings. The molecule has 3 aliphatic heterocycles. The molecule has 2 aromatic carbocycles. The molecule has 0 bridgehead atoms. The molecule has 3 fully saturated rings. The van der Waals surface area contributed by atoms with Gasteiger partial charge in [-0.25, -0.2) is 4.79 Å². The topological polar surface area (TPSA) is 177 Å². The number of rotatable bonds is 15. The van der Waals surface area contributed by atoms with Crippen LogP contribution in [0.15, 0.2) is 47.4 Å². The summed E-state index contributed by atoms with van der Waals surface area (Å²) in [4.78, 5) is 47.3. The van der Waals surface area contributed by atoms with Crippen LogP contribution in [0, 0.1) is 11.8 Å². The summed E-state index contributed by atoms with van der Waals surface area (Å²) in [5, 5.41) is 35.7. The van der Waals surface area contributed by atoms with Crippen LogP contribution in [0.1, 0.15) is 120 Å². The fourth-order valence-electron chi connectivity index (χ4n) is 11.1. The number of hydrogen-bond donors (Lipinski definition) is 4. The number of hydrogen-bond acceptors (Lipinski definition) is 12. The summed E-state index contributed by atoms with van der Waals surface area (Å²) >= 11 is 0. The van der Waals surface area contributed by atoms with E-state index >= 15 is 0 Å². The maximum atomic E-state index is 14.2. The molecule has 2 saturated carbocycles. The normalized spacial score (nSPS) is 26.5. The van der Waals surface area contributed by atoms with E-state index in [1.54, 1.807) is 14.0 Å². The standard InChI is InChI=1S/C50H64N2O11/c1-5-34-24-33(16-19-52(34)18-10-20-59-4)50(3,58)41-25-37-45(62-41)39(28-55)47-43(46(37)61-35-11-8-7-9-12-35)42(38(27-54)48(63-47)49(57)60-6-2)31-22-32(26-53)44(56)36(23-31)29-13-14-40-30(21-29)15-17-51-40/h13-15,17,21,27,32-36,41,51,53,55,58H,5-12,16,18-20,22-26,28H2,1-4H3. The van der Waals surface area contributed by atoms with Crippen LogP contribution in [0.2, 0.25) is 0 Å². The number of likely N-dealkylation sites (tertiary alicyclic amines) is 1. The Balaban J connectivity index is 1.28. The van der Waals surface area contributed by atoms with Crippen LogP contribution in [0.25, 0.3) is 16.5 Å². The smallest absolute Gasteiger partial charge is 0.375 e. The number of Topliss-reactive ketones (excluding diaryl/α,β-unsaturated/α-hetero) is 1. The number of esters is 1. The van der Waals surface area contributed by atoms with Crippen molar-refractivity contribution in [3.63, 3.8) is 0 Å². The largest absolute Gasteiger partial charge is 0.489 e. The molecule has 0 spiro atoms. The van der Waals surface area contributed by atoms with Crippen LogP contribution < -0.4 is 14.2 Å². The second-order valence-corrected chi connectivity index (χ2v) is 18.3. The molecule has 4 heterocycles. The molecule has 63 heavy (non-hydrogen) atoms. The second-order valence-electron chi connectivity index (χ2n) is 18.3. The summed E-state index contributed by atoms with van der Waals surface area (Å²) in [6.07, 6.45) is 10.2.